The lowest BCUT2D eigenvalue weighted by Crippen LogP contribution is -2.06. The number of nitrogens with zero attached hydrogens (tertiary/aromatic N) is 3. The summed E-state index contributed by atoms with van der Waals surface area (Å²) in [4.78, 5) is 16.0. The standard InChI is InChI=1S/C19H14ClN3O3/c1-26-17-7-3-12-8-11(2-6-16(12)22-17)10-23-18-13(19(24)25)4-5-15(20)14(18)9-21-23/h2-9H,10H2,1H3,(H,24,25). The quantitative estimate of drug-likeness (QED) is 0.590. The van der Waals surface area contributed by atoms with Gasteiger partial charge in [-0.3, -0.25) is 4.68 Å². The third-order valence-corrected chi connectivity index (χ3v) is 4.58. The van der Waals surface area contributed by atoms with Gasteiger partial charge < -0.3 is 9.84 Å². The Kier molecular flexibility index (Phi) is 3.97. The molecule has 2 aromatic carbocycles. The number of aromatic carboxylic acids is 1. The van der Waals surface area contributed by atoms with E-state index in [1.54, 1.807) is 30.1 Å². The first-order chi connectivity index (χ1) is 12.6. The van der Waals surface area contributed by atoms with Crippen LogP contribution in [-0.4, -0.2) is 33.0 Å². The fourth-order valence-electron chi connectivity index (χ4n) is 3.00. The topological polar surface area (TPSA) is 77.2 Å². The van der Waals surface area contributed by atoms with E-state index in [2.05, 4.69) is 10.1 Å². The Morgan fingerprint density at radius 3 is 2.85 bits per heavy atom. The average Bonchev–Trinajstić information content (AvgIpc) is 3.06. The van der Waals surface area contributed by atoms with Gasteiger partial charge in [0, 0.05) is 16.8 Å². The molecule has 0 saturated carbocycles. The lowest BCUT2D eigenvalue weighted by atomic mass is 10.1. The number of ether oxygens (including phenoxy) is 1. The molecule has 0 aliphatic rings. The zero-order valence-corrected chi connectivity index (χ0v) is 14.6. The first-order valence-electron chi connectivity index (χ1n) is 7.88. The predicted molar refractivity (Wildman–Crippen MR) is 99.1 cm³/mol. The highest BCUT2D eigenvalue weighted by Gasteiger charge is 2.16. The molecule has 0 aliphatic carbocycles. The number of carbonyl (C=O) groups is 1. The molecule has 26 heavy (non-hydrogen) atoms. The summed E-state index contributed by atoms with van der Waals surface area (Å²) in [5.74, 6) is -0.452. The molecule has 0 unspecified atom stereocenters. The lowest BCUT2D eigenvalue weighted by molar-refractivity contribution is 0.0698. The van der Waals surface area contributed by atoms with Crippen LogP contribution >= 0.6 is 11.6 Å². The molecule has 2 aromatic heterocycles. The van der Waals surface area contributed by atoms with Crippen LogP contribution in [0.4, 0.5) is 0 Å². The first-order valence-corrected chi connectivity index (χ1v) is 8.25. The van der Waals surface area contributed by atoms with Crippen molar-refractivity contribution in [3.8, 4) is 5.88 Å². The highest BCUT2D eigenvalue weighted by Crippen LogP contribution is 2.27. The van der Waals surface area contributed by atoms with Crippen molar-refractivity contribution in [1.29, 1.82) is 0 Å². The zero-order valence-electron chi connectivity index (χ0n) is 13.8. The number of aromatic nitrogens is 3. The van der Waals surface area contributed by atoms with Crippen molar-refractivity contribution in [3.05, 3.63) is 64.8 Å². The molecular formula is C19H14ClN3O3. The molecule has 7 heteroatoms. The van der Waals surface area contributed by atoms with Gasteiger partial charge in [-0.1, -0.05) is 17.7 Å². The fraction of sp³-hybridized carbons (Fsp3) is 0.105. The smallest absolute Gasteiger partial charge is 0.337 e. The second-order valence-electron chi connectivity index (χ2n) is 5.85. The summed E-state index contributed by atoms with van der Waals surface area (Å²) in [6, 6.07) is 12.7. The Morgan fingerprint density at radius 2 is 2.08 bits per heavy atom. The molecule has 2 heterocycles. The third-order valence-electron chi connectivity index (χ3n) is 4.25. The zero-order chi connectivity index (χ0) is 18.3. The van der Waals surface area contributed by atoms with Crippen LogP contribution in [-0.2, 0) is 6.54 Å². The molecule has 0 atom stereocenters. The van der Waals surface area contributed by atoms with E-state index in [0.717, 1.165) is 16.5 Å². The van der Waals surface area contributed by atoms with Gasteiger partial charge in [0.15, 0.2) is 0 Å². The summed E-state index contributed by atoms with van der Waals surface area (Å²) in [6.45, 7) is 0.423. The van der Waals surface area contributed by atoms with Crippen LogP contribution in [0.1, 0.15) is 15.9 Å². The number of pyridine rings is 1. The lowest BCUT2D eigenvalue weighted by Gasteiger charge is -2.08. The number of carboxylic acids is 1. The largest absolute Gasteiger partial charge is 0.481 e. The minimum Gasteiger partial charge on any atom is -0.481 e. The molecule has 0 radical (unpaired) electrons. The van der Waals surface area contributed by atoms with Crippen LogP contribution in [0.3, 0.4) is 0 Å². The van der Waals surface area contributed by atoms with E-state index in [1.165, 1.54) is 6.07 Å². The molecule has 6 nitrogen and oxygen atoms in total. The van der Waals surface area contributed by atoms with Gasteiger partial charge in [0.1, 0.15) is 0 Å². The molecule has 1 N–H and O–H groups in total. The Bertz CT molecular complexity index is 1150. The minimum atomic E-state index is -1.01. The maximum atomic E-state index is 11.6. The van der Waals surface area contributed by atoms with Crippen molar-refractivity contribution >= 4 is 39.4 Å². The van der Waals surface area contributed by atoms with Gasteiger partial charge in [-0.25, -0.2) is 9.78 Å². The summed E-state index contributed by atoms with van der Waals surface area (Å²) in [6.07, 6.45) is 1.59. The highest BCUT2D eigenvalue weighted by molar-refractivity contribution is 6.35. The van der Waals surface area contributed by atoms with Crippen LogP contribution in [0.15, 0.2) is 48.7 Å². The SMILES string of the molecule is COc1ccc2cc(Cn3ncc4c(Cl)ccc(C(=O)O)c43)ccc2n1. The number of methoxy groups -OCH3 is 1. The van der Waals surface area contributed by atoms with Crippen LogP contribution in [0.2, 0.25) is 5.02 Å². The average molecular weight is 368 g/mol. The van der Waals surface area contributed by atoms with Gasteiger partial charge in [0.2, 0.25) is 5.88 Å². The number of hydrogen-bond acceptors (Lipinski definition) is 4. The van der Waals surface area contributed by atoms with Gasteiger partial charge in [-0.15, -0.1) is 0 Å². The van der Waals surface area contributed by atoms with E-state index in [-0.39, 0.29) is 5.56 Å². The minimum absolute atomic E-state index is 0.175. The van der Waals surface area contributed by atoms with Crippen LogP contribution in [0.25, 0.3) is 21.8 Å². The Morgan fingerprint density at radius 1 is 1.23 bits per heavy atom. The van der Waals surface area contributed by atoms with Crippen molar-refractivity contribution in [2.45, 2.75) is 6.54 Å². The molecule has 0 saturated heterocycles. The third kappa shape index (κ3) is 2.74. The molecule has 0 bridgehead atoms. The molecule has 4 aromatic rings. The number of carboxylic acid groups (broad SMARTS) is 1. The summed E-state index contributed by atoms with van der Waals surface area (Å²) < 4.78 is 6.79. The number of hydrogen-bond donors (Lipinski definition) is 1. The van der Waals surface area contributed by atoms with Gasteiger partial charge in [-0.05, 0) is 35.9 Å². The van der Waals surface area contributed by atoms with E-state index < -0.39 is 5.97 Å². The molecule has 0 aliphatic heterocycles. The van der Waals surface area contributed by atoms with E-state index in [0.29, 0.717) is 28.4 Å². The number of fused-ring (bicyclic) bond motifs is 2. The van der Waals surface area contributed by atoms with Gasteiger partial charge in [0.05, 0.1) is 41.5 Å². The van der Waals surface area contributed by atoms with E-state index in [4.69, 9.17) is 16.3 Å². The summed E-state index contributed by atoms with van der Waals surface area (Å²) in [5.41, 5.74) is 2.49. The fourth-order valence-corrected chi connectivity index (χ4v) is 3.20. The van der Waals surface area contributed by atoms with Crippen molar-refractivity contribution in [3.63, 3.8) is 0 Å². The Labute approximate surface area is 153 Å². The predicted octanol–water partition coefficient (Wildman–Crippen LogP) is 3.99. The number of halogens is 1. The van der Waals surface area contributed by atoms with Crippen molar-refractivity contribution in [1.82, 2.24) is 14.8 Å². The molecule has 4 rings (SSSR count). The van der Waals surface area contributed by atoms with Gasteiger partial charge in [0.25, 0.3) is 0 Å². The summed E-state index contributed by atoms with van der Waals surface area (Å²) in [7, 11) is 1.58. The normalized spacial score (nSPS) is 11.2. The van der Waals surface area contributed by atoms with E-state index >= 15 is 0 Å². The van der Waals surface area contributed by atoms with E-state index in [9.17, 15) is 9.90 Å². The number of benzene rings is 2. The monoisotopic (exact) mass is 367 g/mol. The maximum absolute atomic E-state index is 11.6. The van der Waals surface area contributed by atoms with Crippen molar-refractivity contribution in [2.75, 3.05) is 7.11 Å². The molecule has 0 amide bonds. The Hall–Kier alpha value is -3.12. The highest BCUT2D eigenvalue weighted by atomic mass is 35.5. The van der Waals surface area contributed by atoms with Gasteiger partial charge in [-0.2, -0.15) is 5.10 Å². The van der Waals surface area contributed by atoms with Crippen LogP contribution in [0.5, 0.6) is 5.88 Å². The molecule has 130 valence electrons. The first kappa shape index (κ1) is 16.4. The molecule has 0 spiro atoms. The van der Waals surface area contributed by atoms with E-state index in [1.807, 2.05) is 24.3 Å². The van der Waals surface area contributed by atoms with Crippen molar-refractivity contribution in [2.24, 2.45) is 0 Å². The van der Waals surface area contributed by atoms with Crippen LogP contribution in [0, 0.1) is 0 Å². The number of rotatable bonds is 4. The second kappa shape index (κ2) is 6.31. The van der Waals surface area contributed by atoms with Gasteiger partial charge >= 0.3 is 5.97 Å². The van der Waals surface area contributed by atoms with Crippen LogP contribution < -0.4 is 4.74 Å². The molecular weight excluding hydrogens is 354 g/mol. The maximum Gasteiger partial charge on any atom is 0.337 e. The Balaban J connectivity index is 1.79. The van der Waals surface area contributed by atoms with Crippen molar-refractivity contribution < 1.29 is 14.6 Å². The second-order valence-corrected chi connectivity index (χ2v) is 6.25. The summed E-state index contributed by atoms with van der Waals surface area (Å²) >= 11 is 6.19. The summed E-state index contributed by atoms with van der Waals surface area (Å²) in [5, 5.41) is 15.9. The molecule has 0 fully saturated rings.